The van der Waals surface area contributed by atoms with E-state index in [2.05, 4.69) is 5.32 Å². The Hall–Kier alpha value is -3.31. The number of rotatable bonds is 9. The van der Waals surface area contributed by atoms with Crippen molar-refractivity contribution >= 4 is 23.4 Å². The lowest BCUT2D eigenvalue weighted by atomic mass is 10.0. The van der Waals surface area contributed by atoms with Crippen molar-refractivity contribution in [3.05, 3.63) is 101 Å². The highest BCUT2D eigenvalue weighted by atomic mass is 35.5. The third kappa shape index (κ3) is 8.15. The van der Waals surface area contributed by atoms with Gasteiger partial charge in [0.15, 0.2) is 6.61 Å². The molecular formula is C29H33ClN2O3. The Morgan fingerprint density at radius 2 is 1.54 bits per heavy atom. The normalized spacial score (nSPS) is 12.0. The smallest absolute Gasteiger partial charge is 0.261 e. The highest BCUT2D eigenvalue weighted by Crippen LogP contribution is 2.22. The topological polar surface area (TPSA) is 58.6 Å². The number of halogens is 1. The zero-order valence-electron chi connectivity index (χ0n) is 20.8. The molecular weight excluding hydrogens is 460 g/mol. The number of carbonyl (C=O) groups excluding carboxylic acids is 2. The number of hydrogen-bond acceptors (Lipinski definition) is 3. The molecule has 0 spiro atoms. The van der Waals surface area contributed by atoms with Crippen molar-refractivity contribution in [3.8, 4) is 5.75 Å². The predicted octanol–water partition coefficient (Wildman–Crippen LogP) is 5.58. The Bertz CT molecular complexity index is 1130. The second kappa shape index (κ2) is 11.9. The molecule has 3 aromatic rings. The Morgan fingerprint density at radius 3 is 2.11 bits per heavy atom. The molecule has 1 N–H and O–H groups in total. The summed E-state index contributed by atoms with van der Waals surface area (Å²) in [6.45, 7) is 7.77. The number of ether oxygens (including phenoxy) is 1. The third-order valence-electron chi connectivity index (χ3n) is 5.46. The van der Waals surface area contributed by atoms with E-state index in [0.717, 1.165) is 16.7 Å². The molecule has 0 radical (unpaired) electrons. The van der Waals surface area contributed by atoms with Crippen molar-refractivity contribution in [2.45, 2.75) is 52.2 Å². The highest BCUT2D eigenvalue weighted by Gasteiger charge is 2.32. The number of amides is 2. The van der Waals surface area contributed by atoms with E-state index in [0.29, 0.717) is 17.2 Å². The molecule has 3 rings (SSSR count). The largest absolute Gasteiger partial charge is 0.484 e. The average molecular weight is 493 g/mol. The SMILES string of the molecule is Cc1cc(OCC(=O)N(Cc2ccccc2)C(Cc2ccccc2)C(=O)NC(C)(C)C)ccc1Cl. The van der Waals surface area contributed by atoms with Crippen LogP contribution in [-0.2, 0) is 22.6 Å². The fourth-order valence-electron chi connectivity index (χ4n) is 3.72. The number of aryl methyl sites for hydroxylation is 1. The summed E-state index contributed by atoms with van der Waals surface area (Å²) < 4.78 is 5.82. The van der Waals surface area contributed by atoms with E-state index in [9.17, 15) is 9.59 Å². The first kappa shape index (κ1) is 26.3. The van der Waals surface area contributed by atoms with Crippen LogP contribution in [0.3, 0.4) is 0 Å². The van der Waals surface area contributed by atoms with Crippen LogP contribution in [0.25, 0.3) is 0 Å². The summed E-state index contributed by atoms with van der Waals surface area (Å²) in [6, 6.07) is 24.0. The van der Waals surface area contributed by atoms with E-state index in [1.54, 1.807) is 23.1 Å². The van der Waals surface area contributed by atoms with E-state index in [1.807, 2.05) is 88.4 Å². The van der Waals surface area contributed by atoms with Gasteiger partial charge in [-0.2, -0.15) is 0 Å². The number of benzene rings is 3. The molecule has 1 unspecified atom stereocenters. The van der Waals surface area contributed by atoms with Crippen molar-refractivity contribution in [3.63, 3.8) is 0 Å². The van der Waals surface area contributed by atoms with Gasteiger partial charge in [-0.3, -0.25) is 9.59 Å². The minimum Gasteiger partial charge on any atom is -0.484 e. The van der Waals surface area contributed by atoms with E-state index < -0.39 is 11.6 Å². The number of nitrogens with zero attached hydrogens (tertiary/aromatic N) is 1. The summed E-state index contributed by atoms with van der Waals surface area (Å²) in [5, 5.41) is 3.70. The van der Waals surface area contributed by atoms with Crippen LogP contribution in [0.15, 0.2) is 78.9 Å². The maximum absolute atomic E-state index is 13.6. The Labute approximate surface area is 213 Å². The maximum Gasteiger partial charge on any atom is 0.261 e. The van der Waals surface area contributed by atoms with Crippen LogP contribution in [-0.4, -0.2) is 34.9 Å². The molecule has 184 valence electrons. The average Bonchev–Trinajstić information content (AvgIpc) is 2.82. The van der Waals surface area contributed by atoms with Gasteiger partial charge in [0.2, 0.25) is 5.91 Å². The molecule has 0 heterocycles. The minimum absolute atomic E-state index is 0.192. The molecule has 1 atom stereocenters. The predicted molar refractivity (Wildman–Crippen MR) is 141 cm³/mol. The number of carbonyl (C=O) groups is 2. The van der Waals surface area contributed by atoms with Crippen LogP contribution in [0.2, 0.25) is 5.02 Å². The van der Waals surface area contributed by atoms with Crippen LogP contribution in [0.1, 0.15) is 37.5 Å². The summed E-state index contributed by atoms with van der Waals surface area (Å²) in [6.07, 6.45) is 0.390. The van der Waals surface area contributed by atoms with Gasteiger partial charge in [0, 0.05) is 23.5 Å². The Kier molecular flexibility index (Phi) is 8.94. The monoisotopic (exact) mass is 492 g/mol. The van der Waals surface area contributed by atoms with E-state index >= 15 is 0 Å². The van der Waals surface area contributed by atoms with Gasteiger partial charge >= 0.3 is 0 Å². The Morgan fingerprint density at radius 1 is 0.943 bits per heavy atom. The van der Waals surface area contributed by atoms with Crippen LogP contribution < -0.4 is 10.1 Å². The van der Waals surface area contributed by atoms with E-state index in [-0.39, 0.29) is 25.0 Å². The van der Waals surface area contributed by atoms with Crippen LogP contribution in [0.4, 0.5) is 0 Å². The van der Waals surface area contributed by atoms with Gasteiger partial charge in [-0.1, -0.05) is 72.3 Å². The standard InChI is InChI=1S/C29H33ClN2O3/c1-21-17-24(15-16-25(21)30)35-20-27(33)32(19-23-13-9-6-10-14-23)26(28(34)31-29(2,3)4)18-22-11-7-5-8-12-22/h5-17,26H,18-20H2,1-4H3,(H,31,34). The molecule has 5 nitrogen and oxygen atoms in total. The fraction of sp³-hybridized carbons (Fsp3) is 0.310. The molecule has 35 heavy (non-hydrogen) atoms. The summed E-state index contributed by atoms with van der Waals surface area (Å²) in [5.41, 5.74) is 2.33. The van der Waals surface area contributed by atoms with Crippen molar-refractivity contribution in [1.29, 1.82) is 0 Å². The van der Waals surface area contributed by atoms with Crippen LogP contribution in [0, 0.1) is 6.92 Å². The summed E-state index contributed by atoms with van der Waals surface area (Å²) in [5.74, 6) is 0.0816. The minimum atomic E-state index is -0.708. The first-order valence-corrected chi connectivity index (χ1v) is 12.1. The van der Waals surface area contributed by atoms with Gasteiger partial charge in [-0.15, -0.1) is 0 Å². The van der Waals surface area contributed by atoms with E-state index in [4.69, 9.17) is 16.3 Å². The molecule has 0 aliphatic rings. The van der Waals surface area contributed by atoms with Crippen LogP contribution >= 0.6 is 11.6 Å². The zero-order valence-corrected chi connectivity index (χ0v) is 21.5. The first-order chi connectivity index (χ1) is 16.6. The van der Waals surface area contributed by atoms with Crippen molar-refractivity contribution in [1.82, 2.24) is 10.2 Å². The Balaban J connectivity index is 1.90. The van der Waals surface area contributed by atoms with Crippen molar-refractivity contribution in [2.75, 3.05) is 6.61 Å². The lowest BCUT2D eigenvalue weighted by Crippen LogP contribution is -2.55. The van der Waals surface area contributed by atoms with Crippen LogP contribution in [0.5, 0.6) is 5.75 Å². The summed E-state index contributed by atoms with van der Waals surface area (Å²) in [7, 11) is 0. The lowest BCUT2D eigenvalue weighted by Gasteiger charge is -2.33. The second-order valence-corrected chi connectivity index (χ2v) is 10.1. The summed E-state index contributed by atoms with van der Waals surface area (Å²) >= 11 is 6.12. The molecule has 0 aliphatic heterocycles. The number of hydrogen-bond donors (Lipinski definition) is 1. The quantitative estimate of drug-likeness (QED) is 0.424. The van der Waals surface area contributed by atoms with Gasteiger partial charge in [0.25, 0.3) is 5.91 Å². The second-order valence-electron chi connectivity index (χ2n) is 9.65. The van der Waals surface area contributed by atoms with Crippen molar-refractivity contribution in [2.24, 2.45) is 0 Å². The van der Waals surface area contributed by atoms with Gasteiger partial charge in [-0.25, -0.2) is 0 Å². The summed E-state index contributed by atoms with van der Waals surface area (Å²) in [4.78, 5) is 28.7. The molecule has 2 amide bonds. The first-order valence-electron chi connectivity index (χ1n) is 11.7. The third-order valence-corrected chi connectivity index (χ3v) is 5.88. The maximum atomic E-state index is 13.6. The molecule has 0 aliphatic carbocycles. The molecule has 0 bridgehead atoms. The molecule has 6 heteroatoms. The van der Waals surface area contributed by atoms with Crippen molar-refractivity contribution < 1.29 is 14.3 Å². The molecule has 0 saturated carbocycles. The molecule has 3 aromatic carbocycles. The zero-order chi connectivity index (χ0) is 25.4. The van der Waals surface area contributed by atoms with Gasteiger partial charge in [-0.05, 0) is 62.6 Å². The van der Waals surface area contributed by atoms with Gasteiger partial charge < -0.3 is 15.0 Å². The number of nitrogens with one attached hydrogen (secondary N) is 1. The molecule has 0 saturated heterocycles. The van der Waals surface area contributed by atoms with Gasteiger partial charge in [0.05, 0.1) is 0 Å². The lowest BCUT2D eigenvalue weighted by molar-refractivity contribution is -0.143. The van der Waals surface area contributed by atoms with Gasteiger partial charge in [0.1, 0.15) is 11.8 Å². The highest BCUT2D eigenvalue weighted by molar-refractivity contribution is 6.31. The van der Waals surface area contributed by atoms with E-state index in [1.165, 1.54) is 0 Å². The molecule has 0 aromatic heterocycles. The molecule has 0 fully saturated rings. The fourth-order valence-corrected chi connectivity index (χ4v) is 3.84.